The Balaban J connectivity index is 2.26. The molecule has 0 heterocycles. The molecule has 0 radical (unpaired) electrons. The quantitative estimate of drug-likeness (QED) is 0.566. The summed E-state index contributed by atoms with van der Waals surface area (Å²) in [6, 6.07) is 7.43. The van der Waals surface area contributed by atoms with E-state index in [1.54, 1.807) is 4.90 Å². The zero-order valence-corrected chi connectivity index (χ0v) is 16.7. The predicted octanol–water partition coefficient (Wildman–Crippen LogP) is 4.35. The molecule has 2 rings (SSSR count). The van der Waals surface area contributed by atoms with E-state index < -0.39 is 6.04 Å². The number of benzene rings is 1. The fraction of sp³-hybridized carbons (Fsp3) is 0.619. The van der Waals surface area contributed by atoms with Gasteiger partial charge in [0.2, 0.25) is 11.8 Å². The summed E-state index contributed by atoms with van der Waals surface area (Å²) in [5.41, 5.74) is 1.97. The van der Waals surface area contributed by atoms with Gasteiger partial charge in [-0.3, -0.25) is 9.59 Å². The molecule has 1 fully saturated rings. The highest BCUT2D eigenvalue weighted by Gasteiger charge is 2.31. The van der Waals surface area contributed by atoms with Crippen LogP contribution in [0.4, 0.5) is 0 Å². The van der Waals surface area contributed by atoms with Crippen LogP contribution >= 0.6 is 11.6 Å². The van der Waals surface area contributed by atoms with E-state index in [4.69, 9.17) is 11.6 Å². The molecule has 1 aromatic carbocycles. The molecule has 1 aliphatic carbocycles. The molecule has 0 aliphatic heterocycles. The Hall–Kier alpha value is -1.55. The van der Waals surface area contributed by atoms with Crippen molar-refractivity contribution < 1.29 is 9.59 Å². The number of alkyl halides is 1. The number of amides is 2. The lowest BCUT2D eigenvalue weighted by Crippen LogP contribution is -2.47. The molecule has 0 spiro atoms. The van der Waals surface area contributed by atoms with Gasteiger partial charge in [-0.1, -0.05) is 62.4 Å². The normalized spacial score (nSPS) is 16.6. The van der Waals surface area contributed by atoms with E-state index in [9.17, 15) is 9.59 Å². The molecule has 144 valence electrons. The first-order chi connectivity index (χ1) is 12.6. The van der Waals surface area contributed by atoms with E-state index in [1.165, 1.54) is 12.8 Å². The van der Waals surface area contributed by atoms with Crippen LogP contribution in [0.15, 0.2) is 24.3 Å². The Morgan fingerprint density at radius 3 is 2.31 bits per heavy atom. The van der Waals surface area contributed by atoms with Crippen molar-refractivity contribution in [2.45, 2.75) is 70.9 Å². The highest BCUT2D eigenvalue weighted by Crippen LogP contribution is 2.24. The molecular weight excluding hydrogens is 348 g/mol. The number of nitrogens with zero attached hydrogens (tertiary/aromatic N) is 1. The fourth-order valence-electron chi connectivity index (χ4n) is 3.64. The number of halogens is 1. The second-order valence-corrected chi connectivity index (χ2v) is 7.50. The molecule has 1 aliphatic rings. The zero-order valence-electron chi connectivity index (χ0n) is 16.0. The second kappa shape index (κ2) is 10.6. The van der Waals surface area contributed by atoms with Crippen LogP contribution in [0, 0.1) is 6.92 Å². The SMILES string of the molecule is CCCN(C(=O)CCl)[C@H](C(=O)NC1CCCCCC1)c1ccc(C)cc1. The fourth-order valence-corrected chi connectivity index (χ4v) is 3.79. The summed E-state index contributed by atoms with van der Waals surface area (Å²) in [6.45, 7) is 4.53. The summed E-state index contributed by atoms with van der Waals surface area (Å²) in [5, 5.41) is 3.21. The third-order valence-corrected chi connectivity index (χ3v) is 5.28. The molecule has 4 nitrogen and oxygen atoms in total. The van der Waals surface area contributed by atoms with Crippen LogP contribution in [0.2, 0.25) is 0 Å². The molecule has 2 amide bonds. The molecule has 5 heteroatoms. The van der Waals surface area contributed by atoms with E-state index in [-0.39, 0.29) is 23.7 Å². The van der Waals surface area contributed by atoms with E-state index in [1.807, 2.05) is 38.1 Å². The van der Waals surface area contributed by atoms with E-state index in [0.717, 1.165) is 43.2 Å². The first-order valence-corrected chi connectivity index (χ1v) is 10.3. The second-order valence-electron chi connectivity index (χ2n) is 7.23. The third-order valence-electron chi connectivity index (χ3n) is 5.05. The van der Waals surface area contributed by atoms with Gasteiger partial charge in [0.15, 0.2) is 0 Å². The van der Waals surface area contributed by atoms with Gasteiger partial charge >= 0.3 is 0 Å². The first-order valence-electron chi connectivity index (χ1n) is 9.79. The van der Waals surface area contributed by atoms with Crippen molar-refractivity contribution in [3.8, 4) is 0 Å². The highest BCUT2D eigenvalue weighted by atomic mass is 35.5. The summed E-state index contributed by atoms with van der Waals surface area (Å²) >= 11 is 5.83. The van der Waals surface area contributed by atoms with Crippen LogP contribution in [-0.4, -0.2) is 35.2 Å². The van der Waals surface area contributed by atoms with E-state index in [0.29, 0.717) is 6.54 Å². The number of carbonyl (C=O) groups excluding carboxylic acids is 2. The molecule has 0 aromatic heterocycles. The smallest absolute Gasteiger partial charge is 0.247 e. The van der Waals surface area contributed by atoms with Crippen molar-refractivity contribution in [1.29, 1.82) is 0 Å². The Labute approximate surface area is 162 Å². The van der Waals surface area contributed by atoms with Crippen LogP contribution < -0.4 is 5.32 Å². The number of rotatable bonds is 7. The van der Waals surface area contributed by atoms with E-state index >= 15 is 0 Å². The summed E-state index contributed by atoms with van der Waals surface area (Å²) in [6.07, 6.45) is 7.59. The average molecular weight is 379 g/mol. The molecule has 1 atom stereocenters. The first kappa shape index (κ1) is 20.8. The van der Waals surface area contributed by atoms with Crippen molar-refractivity contribution >= 4 is 23.4 Å². The van der Waals surface area contributed by atoms with Crippen LogP contribution in [-0.2, 0) is 9.59 Å². The molecule has 0 unspecified atom stereocenters. The Kier molecular flexibility index (Phi) is 8.43. The monoisotopic (exact) mass is 378 g/mol. The van der Waals surface area contributed by atoms with Crippen LogP contribution in [0.25, 0.3) is 0 Å². The summed E-state index contributed by atoms with van der Waals surface area (Å²) in [4.78, 5) is 27.3. The van der Waals surface area contributed by atoms with Crippen molar-refractivity contribution in [3.63, 3.8) is 0 Å². The minimum atomic E-state index is -0.620. The Morgan fingerprint density at radius 2 is 1.77 bits per heavy atom. The van der Waals surface area contributed by atoms with Crippen LogP contribution in [0.1, 0.15) is 69.0 Å². The Bertz CT molecular complexity index is 580. The number of hydrogen-bond acceptors (Lipinski definition) is 2. The van der Waals surface area contributed by atoms with Crippen molar-refractivity contribution in [2.24, 2.45) is 0 Å². The van der Waals surface area contributed by atoms with Gasteiger partial charge in [-0.2, -0.15) is 0 Å². The van der Waals surface area contributed by atoms with Crippen molar-refractivity contribution in [1.82, 2.24) is 10.2 Å². The van der Waals surface area contributed by atoms with Crippen molar-refractivity contribution in [3.05, 3.63) is 35.4 Å². The van der Waals surface area contributed by atoms with Gasteiger partial charge in [-0.25, -0.2) is 0 Å². The topological polar surface area (TPSA) is 49.4 Å². The number of aryl methyl sites for hydroxylation is 1. The lowest BCUT2D eigenvalue weighted by Gasteiger charge is -2.32. The van der Waals surface area contributed by atoms with Gasteiger partial charge in [-0.05, 0) is 31.7 Å². The van der Waals surface area contributed by atoms with Crippen LogP contribution in [0.5, 0.6) is 0 Å². The van der Waals surface area contributed by atoms with Gasteiger partial charge in [0.05, 0.1) is 0 Å². The molecule has 0 bridgehead atoms. The third kappa shape index (κ3) is 5.73. The summed E-state index contributed by atoms with van der Waals surface area (Å²) < 4.78 is 0. The zero-order chi connectivity index (χ0) is 18.9. The Morgan fingerprint density at radius 1 is 1.15 bits per heavy atom. The highest BCUT2D eigenvalue weighted by molar-refractivity contribution is 6.27. The maximum Gasteiger partial charge on any atom is 0.247 e. The number of carbonyl (C=O) groups is 2. The molecule has 1 N–H and O–H groups in total. The molecule has 26 heavy (non-hydrogen) atoms. The van der Waals surface area contributed by atoms with Gasteiger partial charge in [0.1, 0.15) is 11.9 Å². The molecular formula is C21H31ClN2O2. The molecule has 0 saturated heterocycles. The summed E-state index contributed by atoms with van der Waals surface area (Å²) in [5.74, 6) is -0.401. The minimum absolute atomic E-state index is 0.0901. The lowest BCUT2D eigenvalue weighted by atomic mass is 10.0. The largest absolute Gasteiger partial charge is 0.351 e. The number of nitrogens with one attached hydrogen (secondary N) is 1. The van der Waals surface area contributed by atoms with E-state index in [2.05, 4.69) is 5.32 Å². The molecule has 1 saturated carbocycles. The van der Waals surface area contributed by atoms with Gasteiger partial charge in [-0.15, -0.1) is 11.6 Å². The minimum Gasteiger partial charge on any atom is -0.351 e. The van der Waals surface area contributed by atoms with Crippen molar-refractivity contribution in [2.75, 3.05) is 12.4 Å². The predicted molar refractivity (Wildman–Crippen MR) is 106 cm³/mol. The van der Waals surface area contributed by atoms with Gasteiger partial charge in [0.25, 0.3) is 0 Å². The molecule has 1 aromatic rings. The number of hydrogen-bond donors (Lipinski definition) is 1. The standard InChI is InChI=1S/C21H31ClN2O2/c1-3-14-24(19(25)15-22)20(17-12-10-16(2)11-13-17)21(26)23-18-8-6-4-5-7-9-18/h10-13,18,20H,3-9,14-15H2,1-2H3,(H,23,26)/t20-/m0/s1. The summed E-state index contributed by atoms with van der Waals surface area (Å²) in [7, 11) is 0. The maximum absolute atomic E-state index is 13.2. The van der Waals surface area contributed by atoms with Gasteiger partial charge in [0, 0.05) is 12.6 Å². The average Bonchev–Trinajstić information content (AvgIpc) is 2.90. The van der Waals surface area contributed by atoms with Crippen LogP contribution in [0.3, 0.4) is 0 Å². The van der Waals surface area contributed by atoms with Gasteiger partial charge < -0.3 is 10.2 Å². The maximum atomic E-state index is 13.2. The lowest BCUT2D eigenvalue weighted by molar-refractivity contribution is -0.139.